The lowest BCUT2D eigenvalue weighted by Gasteiger charge is -2.29. The molecule has 2 heterocycles. The minimum absolute atomic E-state index is 0.168. The molecule has 1 radical (unpaired) electrons. The van der Waals surface area contributed by atoms with Crippen LogP contribution in [0.15, 0.2) is 18.3 Å². The van der Waals surface area contributed by atoms with Gasteiger partial charge in [0.05, 0.1) is 20.2 Å². The highest BCUT2D eigenvalue weighted by Crippen LogP contribution is 2.29. The molecule has 1 aromatic heterocycles. The summed E-state index contributed by atoms with van der Waals surface area (Å²) in [6, 6.07) is 6.92. The molecule has 81 valence electrons. The van der Waals surface area contributed by atoms with E-state index in [1.165, 1.54) is 29.9 Å². The van der Waals surface area contributed by atoms with E-state index >= 15 is 0 Å². The number of hydrogen-bond acceptors (Lipinski definition) is 2. The molecule has 1 aromatic rings. The van der Waals surface area contributed by atoms with Crippen LogP contribution in [-0.2, 0) is 6.42 Å². The average Bonchev–Trinajstić information content (AvgIpc) is 2.30. The summed E-state index contributed by atoms with van der Waals surface area (Å²) in [5.41, 5.74) is 3.40. The molecule has 3 heteroatoms. The fourth-order valence-corrected chi connectivity index (χ4v) is 4.94. The van der Waals surface area contributed by atoms with Gasteiger partial charge in [0.25, 0.3) is 0 Å². The molecular weight excluding hydrogens is 200 g/mol. The number of pyridine rings is 1. The molecule has 0 saturated carbocycles. The van der Waals surface area contributed by atoms with Crippen molar-refractivity contribution in [1.82, 2.24) is 4.98 Å². The van der Waals surface area contributed by atoms with Gasteiger partial charge in [0.15, 0.2) is 0 Å². The van der Waals surface area contributed by atoms with Crippen molar-refractivity contribution in [3.05, 3.63) is 24.0 Å². The number of nitrogens with one attached hydrogen (secondary N) is 1. The van der Waals surface area contributed by atoms with Gasteiger partial charge in [-0.1, -0.05) is 25.9 Å². The van der Waals surface area contributed by atoms with Gasteiger partial charge in [-0.15, -0.1) is 0 Å². The highest BCUT2D eigenvalue weighted by Gasteiger charge is 2.25. The van der Waals surface area contributed by atoms with Gasteiger partial charge in [-0.05, 0) is 24.1 Å². The molecule has 2 nitrogen and oxygen atoms in total. The highest BCUT2D eigenvalue weighted by atomic mass is 28.3. The fraction of sp³-hybridized carbons (Fsp3) is 0.583. The SMILES string of the molecule is CC[Si](CC)[C@H]1CNc2cccnc2C1. The van der Waals surface area contributed by atoms with Crippen molar-refractivity contribution in [1.29, 1.82) is 0 Å². The van der Waals surface area contributed by atoms with Gasteiger partial charge in [0, 0.05) is 12.7 Å². The maximum absolute atomic E-state index is 4.47. The molecule has 2 rings (SSSR count). The van der Waals surface area contributed by atoms with Crippen LogP contribution in [0.4, 0.5) is 5.69 Å². The number of rotatable bonds is 3. The summed E-state index contributed by atoms with van der Waals surface area (Å²) in [4.78, 5) is 4.47. The maximum Gasteiger partial charge on any atom is 0.0635 e. The Morgan fingerprint density at radius 2 is 2.27 bits per heavy atom. The molecule has 0 aromatic carbocycles. The maximum atomic E-state index is 4.47. The quantitative estimate of drug-likeness (QED) is 0.791. The Morgan fingerprint density at radius 1 is 1.47 bits per heavy atom. The third-order valence-corrected chi connectivity index (χ3v) is 6.73. The fourth-order valence-electron chi connectivity index (χ4n) is 2.42. The van der Waals surface area contributed by atoms with Crippen molar-refractivity contribution in [3.63, 3.8) is 0 Å². The van der Waals surface area contributed by atoms with Crippen molar-refractivity contribution in [2.75, 3.05) is 11.9 Å². The first-order chi connectivity index (χ1) is 7.35. The number of hydrogen-bond donors (Lipinski definition) is 1. The van der Waals surface area contributed by atoms with Crippen molar-refractivity contribution in [2.24, 2.45) is 0 Å². The Labute approximate surface area is 93.7 Å². The van der Waals surface area contributed by atoms with Gasteiger partial charge in [-0.25, -0.2) is 0 Å². The first kappa shape index (κ1) is 10.7. The summed E-state index contributed by atoms with van der Waals surface area (Å²) >= 11 is 0. The van der Waals surface area contributed by atoms with Crippen LogP contribution >= 0.6 is 0 Å². The van der Waals surface area contributed by atoms with Crippen LogP contribution in [0, 0.1) is 0 Å². The predicted octanol–water partition coefficient (Wildman–Crippen LogP) is 2.95. The zero-order chi connectivity index (χ0) is 10.7. The minimum Gasteiger partial charge on any atom is -0.384 e. The first-order valence-electron chi connectivity index (χ1n) is 5.87. The Morgan fingerprint density at radius 3 is 3.00 bits per heavy atom. The third-order valence-electron chi connectivity index (χ3n) is 3.35. The molecule has 15 heavy (non-hydrogen) atoms. The van der Waals surface area contributed by atoms with Crippen LogP contribution < -0.4 is 5.32 Å². The molecule has 0 spiro atoms. The summed E-state index contributed by atoms with van der Waals surface area (Å²) in [5, 5.41) is 3.52. The van der Waals surface area contributed by atoms with Gasteiger partial charge in [-0.3, -0.25) is 4.98 Å². The lowest BCUT2D eigenvalue weighted by Crippen LogP contribution is -2.30. The lowest BCUT2D eigenvalue weighted by molar-refractivity contribution is 0.772. The molecule has 1 aliphatic heterocycles. The van der Waals surface area contributed by atoms with Crippen LogP contribution in [0.1, 0.15) is 19.5 Å². The van der Waals surface area contributed by atoms with E-state index in [2.05, 4.69) is 30.2 Å². The van der Waals surface area contributed by atoms with Crippen molar-refractivity contribution < 1.29 is 0 Å². The summed E-state index contributed by atoms with van der Waals surface area (Å²) in [5.74, 6) is 0. The molecule has 0 aliphatic carbocycles. The number of nitrogens with zero attached hydrogens (tertiary/aromatic N) is 1. The Balaban J connectivity index is 2.11. The Bertz CT molecular complexity index is 323. The lowest BCUT2D eigenvalue weighted by atomic mass is 10.1. The van der Waals surface area contributed by atoms with E-state index in [1.54, 1.807) is 0 Å². The van der Waals surface area contributed by atoms with Crippen LogP contribution in [0.25, 0.3) is 0 Å². The average molecular weight is 219 g/mol. The second-order valence-corrected chi connectivity index (χ2v) is 7.69. The summed E-state index contributed by atoms with van der Waals surface area (Å²) in [6.45, 7) is 5.84. The van der Waals surface area contributed by atoms with Gasteiger partial charge in [0.2, 0.25) is 0 Å². The predicted molar refractivity (Wildman–Crippen MR) is 66.9 cm³/mol. The summed E-state index contributed by atoms with van der Waals surface area (Å²) in [6.07, 6.45) is 3.10. The van der Waals surface area contributed by atoms with Gasteiger partial charge < -0.3 is 5.32 Å². The first-order valence-corrected chi connectivity index (χ1v) is 7.86. The van der Waals surface area contributed by atoms with E-state index in [4.69, 9.17) is 0 Å². The van der Waals surface area contributed by atoms with Gasteiger partial charge in [0.1, 0.15) is 0 Å². The molecule has 1 N–H and O–H groups in total. The van der Waals surface area contributed by atoms with Crippen LogP contribution in [-0.4, -0.2) is 20.3 Å². The normalized spacial score (nSPS) is 19.8. The van der Waals surface area contributed by atoms with E-state index in [1.807, 2.05) is 12.3 Å². The Hall–Kier alpha value is -0.833. The molecular formula is C12H19N2Si. The van der Waals surface area contributed by atoms with Gasteiger partial charge in [-0.2, -0.15) is 0 Å². The van der Waals surface area contributed by atoms with Crippen molar-refractivity contribution in [3.8, 4) is 0 Å². The second-order valence-electron chi connectivity index (χ2n) is 4.14. The second kappa shape index (κ2) is 4.79. The smallest absolute Gasteiger partial charge is 0.0635 e. The minimum atomic E-state index is -0.168. The van der Waals surface area contributed by atoms with Crippen molar-refractivity contribution in [2.45, 2.75) is 37.9 Å². The summed E-state index contributed by atoms with van der Waals surface area (Å²) < 4.78 is 0. The third kappa shape index (κ3) is 2.22. The van der Waals surface area contributed by atoms with Crippen LogP contribution in [0.2, 0.25) is 17.6 Å². The van der Waals surface area contributed by atoms with E-state index in [9.17, 15) is 0 Å². The molecule has 1 atom stereocenters. The van der Waals surface area contributed by atoms with E-state index in [0.717, 1.165) is 12.1 Å². The van der Waals surface area contributed by atoms with Crippen LogP contribution in [0.5, 0.6) is 0 Å². The summed E-state index contributed by atoms with van der Waals surface area (Å²) in [7, 11) is -0.168. The zero-order valence-corrected chi connectivity index (χ0v) is 10.6. The van der Waals surface area contributed by atoms with Gasteiger partial charge >= 0.3 is 0 Å². The monoisotopic (exact) mass is 219 g/mol. The van der Waals surface area contributed by atoms with Crippen LogP contribution in [0.3, 0.4) is 0 Å². The number of aromatic nitrogens is 1. The van der Waals surface area contributed by atoms with E-state index in [-0.39, 0.29) is 8.80 Å². The number of anilines is 1. The number of fused-ring (bicyclic) bond motifs is 1. The standard InChI is InChI=1S/C12H19N2Si/c1-3-15(4-2)10-8-12-11(14-9-10)6-5-7-13-12/h5-7,10,14H,3-4,8-9H2,1-2H3/t10-/m1/s1. The van der Waals surface area contributed by atoms with Crippen molar-refractivity contribution >= 4 is 14.5 Å². The van der Waals surface area contributed by atoms with E-state index < -0.39 is 0 Å². The zero-order valence-electron chi connectivity index (χ0n) is 9.59. The molecule has 0 fully saturated rings. The van der Waals surface area contributed by atoms with E-state index in [0.29, 0.717) is 0 Å². The molecule has 0 amide bonds. The largest absolute Gasteiger partial charge is 0.384 e. The molecule has 0 unspecified atom stereocenters. The molecule has 0 bridgehead atoms. The highest BCUT2D eigenvalue weighted by molar-refractivity contribution is 6.60. The Kier molecular flexibility index (Phi) is 3.41. The molecule has 0 saturated heterocycles. The topological polar surface area (TPSA) is 24.9 Å². The molecule has 1 aliphatic rings.